The number of halogens is 1. The number of likely N-dealkylation sites (N-methyl/N-ethyl adjacent to an activating group) is 1. The minimum atomic E-state index is -0.336. The fourth-order valence-corrected chi connectivity index (χ4v) is 3.23. The molecule has 0 spiro atoms. The summed E-state index contributed by atoms with van der Waals surface area (Å²) in [6, 6.07) is 5.87. The Labute approximate surface area is 139 Å². The van der Waals surface area contributed by atoms with E-state index in [1.165, 1.54) is 17.0 Å². The minimum Gasteiger partial charge on any atom is -0.340 e. The lowest BCUT2D eigenvalue weighted by Gasteiger charge is -2.21. The molecule has 2 aliphatic rings. The number of carbonyl (C=O) groups excluding carboxylic acids is 3. The molecular weight excluding hydrogens is 311 g/mol. The van der Waals surface area contributed by atoms with Crippen molar-refractivity contribution in [3.63, 3.8) is 0 Å². The van der Waals surface area contributed by atoms with Gasteiger partial charge >= 0.3 is 0 Å². The number of allylic oxidation sites excluding steroid dienone is 2. The molecule has 2 atom stereocenters. The SMILES string of the molecule is CN(Cc1ccc(F)cc1)C(=O)CN1C(=O)C2CC=CCC2C1=O. The molecule has 1 aromatic carbocycles. The van der Waals surface area contributed by atoms with Crippen LogP contribution in [0.15, 0.2) is 36.4 Å². The third kappa shape index (κ3) is 3.09. The first-order valence-electron chi connectivity index (χ1n) is 7.96. The Hall–Kier alpha value is -2.50. The maximum Gasteiger partial charge on any atom is 0.242 e. The third-order valence-electron chi connectivity index (χ3n) is 4.65. The van der Waals surface area contributed by atoms with Gasteiger partial charge in [-0.25, -0.2) is 4.39 Å². The number of likely N-dealkylation sites (tertiary alicyclic amines) is 1. The Morgan fingerprint density at radius 2 is 1.67 bits per heavy atom. The largest absolute Gasteiger partial charge is 0.340 e. The van der Waals surface area contributed by atoms with E-state index < -0.39 is 0 Å². The number of hydrogen-bond acceptors (Lipinski definition) is 3. The van der Waals surface area contributed by atoms with E-state index >= 15 is 0 Å². The summed E-state index contributed by atoms with van der Waals surface area (Å²) < 4.78 is 12.9. The minimum absolute atomic E-state index is 0.234. The van der Waals surface area contributed by atoms with Gasteiger partial charge in [-0.05, 0) is 30.5 Å². The fraction of sp³-hybridized carbons (Fsp3) is 0.389. The predicted octanol–water partition coefficient (Wildman–Crippen LogP) is 1.74. The van der Waals surface area contributed by atoms with Gasteiger partial charge in [0, 0.05) is 13.6 Å². The highest BCUT2D eigenvalue weighted by Gasteiger charge is 2.47. The standard InChI is InChI=1S/C18H19FN2O3/c1-20(10-12-6-8-13(19)9-7-12)16(22)11-21-17(23)14-4-2-3-5-15(14)18(21)24/h2-3,6-9,14-15H,4-5,10-11H2,1H3. The van der Waals surface area contributed by atoms with Gasteiger partial charge in [0.2, 0.25) is 17.7 Å². The number of rotatable bonds is 4. The average molecular weight is 330 g/mol. The Morgan fingerprint density at radius 1 is 1.12 bits per heavy atom. The van der Waals surface area contributed by atoms with Crippen LogP contribution in [0, 0.1) is 17.7 Å². The molecule has 1 saturated heterocycles. The number of benzene rings is 1. The highest BCUT2D eigenvalue weighted by molar-refractivity contribution is 6.07. The molecule has 2 unspecified atom stereocenters. The van der Waals surface area contributed by atoms with Gasteiger partial charge in [-0.1, -0.05) is 24.3 Å². The van der Waals surface area contributed by atoms with Crippen LogP contribution in [0.1, 0.15) is 18.4 Å². The number of nitrogens with zero attached hydrogens (tertiary/aromatic N) is 2. The first-order chi connectivity index (χ1) is 11.5. The lowest BCUT2D eigenvalue weighted by atomic mass is 9.85. The van der Waals surface area contributed by atoms with Gasteiger partial charge in [-0.15, -0.1) is 0 Å². The number of amides is 3. The monoisotopic (exact) mass is 330 g/mol. The molecule has 5 nitrogen and oxygen atoms in total. The van der Waals surface area contributed by atoms with Crippen LogP contribution in [-0.4, -0.2) is 41.1 Å². The molecule has 0 saturated carbocycles. The van der Waals surface area contributed by atoms with Crippen LogP contribution in [-0.2, 0) is 20.9 Å². The topological polar surface area (TPSA) is 57.7 Å². The Bertz CT molecular complexity index is 673. The van der Waals surface area contributed by atoms with Crippen LogP contribution in [0.2, 0.25) is 0 Å². The van der Waals surface area contributed by atoms with E-state index in [9.17, 15) is 18.8 Å². The highest BCUT2D eigenvalue weighted by Crippen LogP contribution is 2.34. The molecule has 3 rings (SSSR count). The average Bonchev–Trinajstić information content (AvgIpc) is 2.82. The predicted molar refractivity (Wildman–Crippen MR) is 84.9 cm³/mol. The molecule has 3 amide bonds. The second kappa shape index (κ2) is 6.55. The van der Waals surface area contributed by atoms with Crippen LogP contribution in [0.5, 0.6) is 0 Å². The molecular formula is C18H19FN2O3. The summed E-state index contributed by atoms with van der Waals surface area (Å²) in [5.41, 5.74) is 0.782. The molecule has 1 aliphatic heterocycles. The van der Waals surface area contributed by atoms with Crippen molar-refractivity contribution < 1.29 is 18.8 Å². The first kappa shape index (κ1) is 16.4. The molecule has 1 fully saturated rings. The van der Waals surface area contributed by atoms with Crippen LogP contribution in [0.25, 0.3) is 0 Å². The molecule has 126 valence electrons. The number of imide groups is 1. The Kier molecular flexibility index (Phi) is 4.46. The van der Waals surface area contributed by atoms with Crippen LogP contribution in [0.4, 0.5) is 4.39 Å². The van der Waals surface area contributed by atoms with Crippen molar-refractivity contribution in [2.45, 2.75) is 19.4 Å². The van der Waals surface area contributed by atoms with Gasteiger partial charge in [-0.2, -0.15) is 0 Å². The van der Waals surface area contributed by atoms with Gasteiger partial charge in [0.1, 0.15) is 12.4 Å². The molecule has 24 heavy (non-hydrogen) atoms. The van der Waals surface area contributed by atoms with Crippen LogP contribution < -0.4 is 0 Å². The number of fused-ring (bicyclic) bond motifs is 1. The summed E-state index contributed by atoms with van der Waals surface area (Å²) >= 11 is 0. The summed E-state index contributed by atoms with van der Waals surface area (Å²) in [5, 5.41) is 0. The van der Waals surface area contributed by atoms with E-state index in [0.29, 0.717) is 19.4 Å². The Morgan fingerprint density at radius 3 is 2.21 bits per heavy atom. The molecule has 0 aromatic heterocycles. The van der Waals surface area contributed by atoms with Crippen LogP contribution in [0.3, 0.4) is 0 Å². The summed E-state index contributed by atoms with van der Waals surface area (Å²) in [6.07, 6.45) is 4.95. The van der Waals surface area contributed by atoms with E-state index in [2.05, 4.69) is 0 Å². The summed E-state index contributed by atoms with van der Waals surface area (Å²) in [4.78, 5) is 39.6. The van der Waals surface area contributed by atoms with E-state index in [1.807, 2.05) is 12.2 Å². The Balaban J connectivity index is 1.63. The molecule has 0 N–H and O–H groups in total. The third-order valence-corrected chi connectivity index (χ3v) is 4.65. The van der Waals surface area contributed by atoms with E-state index in [-0.39, 0.29) is 41.9 Å². The quantitative estimate of drug-likeness (QED) is 0.624. The normalized spacial score (nSPS) is 22.7. The van der Waals surface area contributed by atoms with Gasteiger partial charge in [-0.3, -0.25) is 19.3 Å². The van der Waals surface area contributed by atoms with Crippen LogP contribution >= 0.6 is 0 Å². The molecule has 1 aromatic rings. The van der Waals surface area contributed by atoms with Crippen molar-refractivity contribution in [2.75, 3.05) is 13.6 Å². The smallest absolute Gasteiger partial charge is 0.242 e. The zero-order chi connectivity index (χ0) is 17.3. The van der Waals surface area contributed by atoms with E-state index in [0.717, 1.165) is 10.5 Å². The van der Waals surface area contributed by atoms with Gasteiger partial charge in [0.05, 0.1) is 11.8 Å². The lowest BCUT2D eigenvalue weighted by Crippen LogP contribution is -2.41. The fourth-order valence-electron chi connectivity index (χ4n) is 3.23. The second-order valence-electron chi connectivity index (χ2n) is 6.29. The van der Waals surface area contributed by atoms with Crippen molar-refractivity contribution in [1.82, 2.24) is 9.80 Å². The van der Waals surface area contributed by atoms with Gasteiger partial charge in [0.15, 0.2) is 0 Å². The van der Waals surface area contributed by atoms with E-state index in [1.54, 1.807) is 19.2 Å². The van der Waals surface area contributed by atoms with Gasteiger partial charge < -0.3 is 4.90 Å². The summed E-state index contributed by atoms with van der Waals surface area (Å²) in [5.74, 6) is -1.80. The van der Waals surface area contributed by atoms with Crippen molar-refractivity contribution in [1.29, 1.82) is 0 Å². The zero-order valence-corrected chi connectivity index (χ0v) is 13.4. The maximum atomic E-state index is 12.9. The molecule has 0 bridgehead atoms. The van der Waals surface area contributed by atoms with E-state index in [4.69, 9.17) is 0 Å². The van der Waals surface area contributed by atoms with Crippen molar-refractivity contribution in [3.05, 3.63) is 47.8 Å². The summed E-state index contributed by atoms with van der Waals surface area (Å²) in [7, 11) is 1.60. The molecule has 0 radical (unpaired) electrons. The highest BCUT2D eigenvalue weighted by atomic mass is 19.1. The number of hydrogen-bond donors (Lipinski definition) is 0. The first-order valence-corrected chi connectivity index (χ1v) is 7.96. The summed E-state index contributed by atoms with van der Waals surface area (Å²) in [6.45, 7) is 0.0616. The zero-order valence-electron chi connectivity index (χ0n) is 13.4. The van der Waals surface area contributed by atoms with Gasteiger partial charge in [0.25, 0.3) is 0 Å². The second-order valence-corrected chi connectivity index (χ2v) is 6.29. The molecule has 1 heterocycles. The van der Waals surface area contributed by atoms with Crippen molar-refractivity contribution in [3.8, 4) is 0 Å². The maximum absolute atomic E-state index is 12.9. The van der Waals surface area contributed by atoms with Crippen molar-refractivity contribution in [2.24, 2.45) is 11.8 Å². The number of carbonyl (C=O) groups is 3. The lowest BCUT2D eigenvalue weighted by molar-refractivity contribution is -0.146. The molecule has 6 heteroatoms. The molecule has 1 aliphatic carbocycles. The van der Waals surface area contributed by atoms with Crippen molar-refractivity contribution >= 4 is 17.7 Å².